The Kier molecular flexibility index (Phi) is 2.18. The molecule has 0 radical (unpaired) electrons. The zero-order chi connectivity index (χ0) is 9.41. The second-order valence-electron chi connectivity index (χ2n) is 3.78. The predicted octanol–water partition coefficient (Wildman–Crippen LogP) is 0.748. The Balaban J connectivity index is 2.67. The molecule has 1 aliphatic heterocycles. The largest absolute Gasteiger partial charge is 0.715 e. The summed E-state index contributed by atoms with van der Waals surface area (Å²) in [6.45, 7) is 7.88. The maximum atomic E-state index is 10.0. The van der Waals surface area contributed by atoms with Crippen LogP contribution in [0.2, 0.25) is 0 Å². The van der Waals surface area contributed by atoms with Crippen molar-refractivity contribution in [3.8, 4) is 0 Å². The maximum Gasteiger partial charge on any atom is 0.715 e. The average molecular weight is 172 g/mol. The summed E-state index contributed by atoms with van der Waals surface area (Å²) < 4.78 is 15.2. The van der Waals surface area contributed by atoms with Gasteiger partial charge < -0.3 is 14.0 Å². The summed E-state index contributed by atoms with van der Waals surface area (Å²) in [7, 11) is -0.868. The Hall–Kier alpha value is -0.545. The van der Waals surface area contributed by atoms with Crippen molar-refractivity contribution in [1.82, 2.24) is 0 Å². The highest BCUT2D eigenvalue weighted by molar-refractivity contribution is 6.39. The van der Waals surface area contributed by atoms with E-state index in [-0.39, 0.29) is 0 Å². The summed E-state index contributed by atoms with van der Waals surface area (Å²) in [5, 5.41) is 0. The molecule has 4 nitrogen and oxygen atoms in total. The molecule has 0 atom stereocenters. The SMILES string of the molecule is CC1(C)OB(OC=O)OC1(C)C. The molecular weight excluding hydrogens is 159 g/mol. The van der Waals surface area contributed by atoms with Gasteiger partial charge in [0.2, 0.25) is 0 Å². The average Bonchev–Trinajstić information content (AvgIpc) is 2.02. The zero-order valence-corrected chi connectivity index (χ0v) is 7.79. The Labute approximate surface area is 72.4 Å². The summed E-state index contributed by atoms with van der Waals surface area (Å²) in [6, 6.07) is 0. The lowest BCUT2D eigenvalue weighted by Gasteiger charge is -2.31. The normalized spacial score (nSPS) is 25.5. The van der Waals surface area contributed by atoms with Gasteiger partial charge in [-0.3, -0.25) is 4.79 Å². The van der Waals surface area contributed by atoms with E-state index in [1.807, 2.05) is 27.7 Å². The van der Waals surface area contributed by atoms with Gasteiger partial charge in [0.25, 0.3) is 6.47 Å². The van der Waals surface area contributed by atoms with Crippen molar-refractivity contribution in [2.75, 3.05) is 0 Å². The van der Waals surface area contributed by atoms with Crippen molar-refractivity contribution in [3.05, 3.63) is 0 Å². The first-order valence-electron chi connectivity index (χ1n) is 3.84. The minimum Gasteiger partial charge on any atom is -0.487 e. The van der Waals surface area contributed by atoms with Crippen LogP contribution >= 0.6 is 0 Å². The quantitative estimate of drug-likeness (QED) is 0.455. The molecule has 1 rings (SSSR count). The summed E-state index contributed by atoms with van der Waals surface area (Å²) in [6.07, 6.45) is 0. The number of hydrogen-bond acceptors (Lipinski definition) is 4. The minimum absolute atomic E-state index is 0.322. The first-order chi connectivity index (χ1) is 5.39. The van der Waals surface area contributed by atoms with Gasteiger partial charge in [0.05, 0.1) is 11.2 Å². The van der Waals surface area contributed by atoms with Crippen LogP contribution in [0.5, 0.6) is 0 Å². The molecule has 1 saturated heterocycles. The molecule has 0 N–H and O–H groups in total. The van der Waals surface area contributed by atoms with Gasteiger partial charge in [-0.25, -0.2) is 0 Å². The molecule has 0 aromatic rings. The fourth-order valence-corrected chi connectivity index (χ4v) is 0.890. The van der Waals surface area contributed by atoms with Crippen molar-refractivity contribution < 1.29 is 18.8 Å². The third kappa shape index (κ3) is 1.47. The number of carbonyl (C=O) groups is 1. The molecule has 0 bridgehead atoms. The van der Waals surface area contributed by atoms with Crippen LogP contribution in [0, 0.1) is 0 Å². The van der Waals surface area contributed by atoms with E-state index in [1.165, 1.54) is 0 Å². The molecule has 1 heterocycles. The third-order valence-corrected chi connectivity index (χ3v) is 2.40. The van der Waals surface area contributed by atoms with E-state index in [9.17, 15) is 4.79 Å². The van der Waals surface area contributed by atoms with E-state index in [4.69, 9.17) is 9.31 Å². The Morgan fingerprint density at radius 3 is 1.92 bits per heavy atom. The first kappa shape index (κ1) is 9.54. The maximum absolute atomic E-state index is 10.0. The Morgan fingerprint density at radius 1 is 1.17 bits per heavy atom. The van der Waals surface area contributed by atoms with Crippen LogP contribution < -0.4 is 0 Å². The smallest absolute Gasteiger partial charge is 0.487 e. The molecule has 0 aliphatic carbocycles. The number of rotatable bonds is 2. The molecule has 0 aromatic heterocycles. The van der Waals surface area contributed by atoms with Crippen molar-refractivity contribution in [1.29, 1.82) is 0 Å². The summed E-state index contributed by atoms with van der Waals surface area (Å²) in [4.78, 5) is 10.0. The van der Waals surface area contributed by atoms with Crippen molar-refractivity contribution >= 4 is 13.8 Å². The van der Waals surface area contributed by atoms with Gasteiger partial charge in [-0.2, -0.15) is 0 Å². The summed E-state index contributed by atoms with van der Waals surface area (Å²) >= 11 is 0. The van der Waals surface area contributed by atoms with Crippen LogP contribution in [0.4, 0.5) is 0 Å². The highest BCUT2D eigenvalue weighted by Crippen LogP contribution is 2.36. The van der Waals surface area contributed by atoms with E-state index in [0.717, 1.165) is 0 Å². The van der Waals surface area contributed by atoms with Gasteiger partial charge in [0, 0.05) is 0 Å². The highest BCUT2D eigenvalue weighted by Gasteiger charge is 2.54. The molecule has 1 aliphatic rings. The van der Waals surface area contributed by atoms with Gasteiger partial charge >= 0.3 is 7.32 Å². The molecule has 1 fully saturated rings. The van der Waals surface area contributed by atoms with E-state index in [2.05, 4.69) is 4.65 Å². The molecule has 0 unspecified atom stereocenters. The topological polar surface area (TPSA) is 44.8 Å². The molecule has 0 amide bonds. The lowest BCUT2D eigenvalue weighted by molar-refractivity contribution is -0.123. The lowest BCUT2D eigenvalue weighted by atomic mass is 9.90. The van der Waals surface area contributed by atoms with Crippen LogP contribution in [-0.2, 0) is 18.8 Å². The Morgan fingerprint density at radius 2 is 1.58 bits per heavy atom. The van der Waals surface area contributed by atoms with E-state index < -0.39 is 18.5 Å². The summed E-state index contributed by atoms with van der Waals surface area (Å²) in [5.41, 5.74) is -0.888. The highest BCUT2D eigenvalue weighted by atomic mass is 16.8. The summed E-state index contributed by atoms with van der Waals surface area (Å²) in [5.74, 6) is 0. The fourth-order valence-electron chi connectivity index (χ4n) is 0.890. The fraction of sp³-hybridized carbons (Fsp3) is 0.857. The van der Waals surface area contributed by atoms with Crippen LogP contribution in [0.3, 0.4) is 0 Å². The molecular formula is C7H13BO4. The molecule has 0 spiro atoms. The van der Waals surface area contributed by atoms with E-state index in [1.54, 1.807) is 0 Å². The van der Waals surface area contributed by atoms with Crippen LogP contribution in [-0.4, -0.2) is 25.0 Å². The predicted molar refractivity (Wildman–Crippen MR) is 43.2 cm³/mol. The van der Waals surface area contributed by atoms with E-state index in [0.29, 0.717) is 6.47 Å². The number of carbonyl (C=O) groups excluding carboxylic acids is 1. The van der Waals surface area contributed by atoms with Gasteiger partial charge in [-0.05, 0) is 27.7 Å². The van der Waals surface area contributed by atoms with Gasteiger partial charge in [-0.15, -0.1) is 0 Å². The second-order valence-corrected chi connectivity index (χ2v) is 3.78. The second kappa shape index (κ2) is 2.74. The van der Waals surface area contributed by atoms with Crippen molar-refractivity contribution in [2.24, 2.45) is 0 Å². The van der Waals surface area contributed by atoms with Gasteiger partial charge in [0.1, 0.15) is 0 Å². The number of hydrogen-bond donors (Lipinski definition) is 0. The van der Waals surface area contributed by atoms with Gasteiger partial charge in [0.15, 0.2) is 0 Å². The standard InChI is InChI=1S/C7H13BO4/c1-6(2)7(3,4)12-8(11-6)10-5-9/h5H,1-4H3. The monoisotopic (exact) mass is 172 g/mol. The Bertz CT molecular complexity index is 174. The van der Waals surface area contributed by atoms with Crippen molar-refractivity contribution in [3.63, 3.8) is 0 Å². The molecule has 5 heteroatoms. The molecule has 68 valence electrons. The molecule has 0 saturated carbocycles. The van der Waals surface area contributed by atoms with Crippen LogP contribution in [0.25, 0.3) is 0 Å². The van der Waals surface area contributed by atoms with Crippen LogP contribution in [0.15, 0.2) is 0 Å². The van der Waals surface area contributed by atoms with Crippen LogP contribution in [0.1, 0.15) is 27.7 Å². The zero-order valence-electron chi connectivity index (χ0n) is 7.79. The minimum atomic E-state index is -0.868. The third-order valence-electron chi connectivity index (χ3n) is 2.40. The van der Waals surface area contributed by atoms with Gasteiger partial charge in [-0.1, -0.05) is 0 Å². The van der Waals surface area contributed by atoms with Crippen molar-refractivity contribution in [2.45, 2.75) is 38.9 Å². The van der Waals surface area contributed by atoms with E-state index >= 15 is 0 Å². The lowest BCUT2D eigenvalue weighted by Crippen LogP contribution is -2.41. The first-order valence-corrected chi connectivity index (χ1v) is 3.84. The molecule has 0 aromatic carbocycles. The molecule has 12 heavy (non-hydrogen) atoms.